The first-order valence-corrected chi connectivity index (χ1v) is 20.0. The van der Waals surface area contributed by atoms with Gasteiger partial charge in [-0.05, 0) is 50.9 Å². The monoisotopic (exact) mass is 699 g/mol. The average Bonchev–Trinajstić information content (AvgIpc) is 3.10. The van der Waals surface area contributed by atoms with E-state index in [-0.39, 0.29) is 25.6 Å². The Kier molecular flexibility index (Phi) is 35.5. The molecule has 50 heavy (non-hydrogen) atoms. The molecule has 0 radical (unpaired) electrons. The number of aliphatic hydroxyl groups is 2. The molecule has 0 aliphatic heterocycles. The van der Waals surface area contributed by atoms with Crippen LogP contribution in [0.1, 0.15) is 162 Å². The number of hydrogen-bond donors (Lipinski definition) is 2. The lowest BCUT2D eigenvalue weighted by atomic mass is 10.0. The largest absolute Gasteiger partial charge is 0.462 e. The maximum Gasteiger partial charge on any atom is 0.306 e. The molecule has 0 rings (SSSR count). The van der Waals surface area contributed by atoms with Crippen LogP contribution in [0, 0.1) is 5.92 Å². The third kappa shape index (κ3) is 36.6. The third-order valence-corrected chi connectivity index (χ3v) is 8.29. The quantitative estimate of drug-likeness (QED) is 0.0301. The molecule has 0 aliphatic carbocycles. The molecule has 0 bridgehead atoms. The molecule has 0 aliphatic rings. The number of unbranched alkanes of at least 4 members (excludes halogenated alkanes) is 12. The number of ether oxygens (including phenoxy) is 2. The van der Waals surface area contributed by atoms with Gasteiger partial charge in [0.05, 0.1) is 12.7 Å². The molecule has 0 saturated carbocycles. The summed E-state index contributed by atoms with van der Waals surface area (Å²) in [6, 6.07) is 0. The molecular formula is C44H74O6. The number of aliphatic hydroxyl groups excluding tert-OH is 2. The molecule has 286 valence electrons. The first-order valence-electron chi connectivity index (χ1n) is 20.0. The van der Waals surface area contributed by atoms with Crippen LogP contribution in [0.5, 0.6) is 0 Å². The average molecular weight is 699 g/mol. The molecule has 0 aromatic carbocycles. The van der Waals surface area contributed by atoms with Gasteiger partial charge >= 0.3 is 11.9 Å². The van der Waals surface area contributed by atoms with Gasteiger partial charge in [0.25, 0.3) is 0 Å². The Labute approximate surface area is 306 Å². The molecule has 2 N–H and O–H groups in total. The standard InChI is InChI=1S/C44H74O6/c1-4-5-6-7-24-29-34-41(46)35-30-25-20-16-13-14-18-22-27-32-37-44(48)50-42(38-45)39-49-43(47)36-31-26-21-17-12-10-8-9-11-15-19-23-28-33-40(2)3/h5-6,13-14,20,22,24-25,27,29-30,35,40-42,45-46H,4,7-12,15-19,21,23,26,28,31-34,36-39H2,1-3H3/b6-5-,14-13-,25-20-,27-22-,29-24-,35-30+/t41?,42-/m0/s1. The van der Waals surface area contributed by atoms with Crippen molar-refractivity contribution in [1.82, 2.24) is 0 Å². The van der Waals surface area contributed by atoms with E-state index in [1.54, 1.807) is 6.08 Å². The van der Waals surface area contributed by atoms with E-state index < -0.39 is 18.2 Å². The zero-order chi connectivity index (χ0) is 36.8. The molecule has 0 heterocycles. The van der Waals surface area contributed by atoms with Crippen molar-refractivity contribution >= 4 is 11.9 Å². The van der Waals surface area contributed by atoms with E-state index in [9.17, 15) is 19.8 Å². The maximum absolute atomic E-state index is 12.1. The Morgan fingerprint density at radius 1 is 0.620 bits per heavy atom. The summed E-state index contributed by atoms with van der Waals surface area (Å²) in [5.41, 5.74) is 0. The summed E-state index contributed by atoms with van der Waals surface area (Å²) in [6.07, 6.45) is 45.7. The SMILES string of the molecule is CC/C=C\C/C=C\CC(O)/C=C/C=C\C/C=C\C/C=C\CCC(=O)O[C@@H](CO)COC(=O)CCCCCCCCCCCCCCCC(C)C. The summed E-state index contributed by atoms with van der Waals surface area (Å²) < 4.78 is 10.5. The number of allylic oxidation sites excluding steroid dienone is 10. The number of carbonyl (C=O) groups excluding carboxylic acids is 2. The first kappa shape index (κ1) is 47.3. The second kappa shape index (κ2) is 37.6. The summed E-state index contributed by atoms with van der Waals surface area (Å²) in [4.78, 5) is 24.2. The van der Waals surface area contributed by atoms with Gasteiger partial charge in [-0.25, -0.2) is 0 Å². The van der Waals surface area contributed by atoms with Crippen LogP contribution in [0.3, 0.4) is 0 Å². The highest BCUT2D eigenvalue weighted by atomic mass is 16.6. The predicted molar refractivity (Wildman–Crippen MR) is 211 cm³/mol. The number of hydrogen-bond acceptors (Lipinski definition) is 6. The molecule has 0 aromatic heterocycles. The van der Waals surface area contributed by atoms with E-state index in [0.29, 0.717) is 19.3 Å². The minimum Gasteiger partial charge on any atom is -0.462 e. The highest BCUT2D eigenvalue weighted by molar-refractivity contribution is 5.70. The van der Waals surface area contributed by atoms with Crippen LogP contribution in [-0.2, 0) is 19.1 Å². The maximum atomic E-state index is 12.1. The fourth-order valence-electron chi connectivity index (χ4n) is 5.26. The zero-order valence-corrected chi connectivity index (χ0v) is 32.2. The Morgan fingerprint density at radius 2 is 1.16 bits per heavy atom. The summed E-state index contributed by atoms with van der Waals surface area (Å²) in [7, 11) is 0. The van der Waals surface area contributed by atoms with Gasteiger partial charge in [0.1, 0.15) is 6.61 Å². The Bertz CT molecular complexity index is 958. The van der Waals surface area contributed by atoms with Crippen LogP contribution in [0.2, 0.25) is 0 Å². The van der Waals surface area contributed by atoms with Crippen molar-refractivity contribution in [2.24, 2.45) is 5.92 Å². The van der Waals surface area contributed by atoms with E-state index in [1.807, 2.05) is 36.5 Å². The lowest BCUT2D eigenvalue weighted by Crippen LogP contribution is -2.28. The van der Waals surface area contributed by atoms with Crippen molar-refractivity contribution in [2.45, 2.75) is 174 Å². The molecule has 0 saturated heterocycles. The number of esters is 2. The molecule has 6 heteroatoms. The summed E-state index contributed by atoms with van der Waals surface area (Å²) in [5, 5.41) is 19.5. The minimum absolute atomic E-state index is 0.112. The molecule has 0 aromatic rings. The first-order chi connectivity index (χ1) is 24.4. The molecule has 1 unspecified atom stereocenters. The van der Waals surface area contributed by atoms with E-state index in [0.717, 1.165) is 50.9 Å². The molecule has 6 nitrogen and oxygen atoms in total. The van der Waals surface area contributed by atoms with Gasteiger partial charge in [0.2, 0.25) is 0 Å². The van der Waals surface area contributed by atoms with Gasteiger partial charge < -0.3 is 19.7 Å². The van der Waals surface area contributed by atoms with Crippen LogP contribution < -0.4 is 0 Å². The highest BCUT2D eigenvalue weighted by Gasteiger charge is 2.15. The van der Waals surface area contributed by atoms with Gasteiger partial charge in [-0.15, -0.1) is 0 Å². The van der Waals surface area contributed by atoms with Crippen molar-refractivity contribution in [1.29, 1.82) is 0 Å². The second-order valence-corrected chi connectivity index (χ2v) is 13.7. The van der Waals surface area contributed by atoms with Crippen LogP contribution in [-0.4, -0.2) is 47.6 Å². The van der Waals surface area contributed by atoms with Crippen molar-refractivity contribution in [2.75, 3.05) is 13.2 Å². The van der Waals surface area contributed by atoms with Crippen LogP contribution in [0.15, 0.2) is 72.9 Å². The zero-order valence-electron chi connectivity index (χ0n) is 32.2. The lowest BCUT2D eigenvalue weighted by molar-refractivity contribution is -0.161. The summed E-state index contributed by atoms with van der Waals surface area (Å²) >= 11 is 0. The van der Waals surface area contributed by atoms with E-state index in [1.165, 1.54) is 70.6 Å². The van der Waals surface area contributed by atoms with Gasteiger partial charge in [0.15, 0.2) is 6.10 Å². The topological polar surface area (TPSA) is 93.1 Å². The van der Waals surface area contributed by atoms with Crippen LogP contribution in [0.25, 0.3) is 0 Å². The van der Waals surface area contributed by atoms with Crippen molar-refractivity contribution in [3.8, 4) is 0 Å². The van der Waals surface area contributed by atoms with Crippen molar-refractivity contribution in [3.63, 3.8) is 0 Å². The van der Waals surface area contributed by atoms with Crippen molar-refractivity contribution < 1.29 is 29.3 Å². The Morgan fingerprint density at radius 3 is 1.76 bits per heavy atom. The predicted octanol–water partition coefficient (Wildman–Crippen LogP) is 11.4. The summed E-state index contributed by atoms with van der Waals surface area (Å²) in [6.45, 7) is 6.23. The highest BCUT2D eigenvalue weighted by Crippen LogP contribution is 2.15. The van der Waals surface area contributed by atoms with Gasteiger partial charge in [-0.2, -0.15) is 0 Å². The molecule has 0 amide bonds. The fraction of sp³-hybridized carbons (Fsp3) is 0.682. The molecule has 2 atom stereocenters. The van der Waals surface area contributed by atoms with Crippen LogP contribution in [0.4, 0.5) is 0 Å². The lowest BCUT2D eigenvalue weighted by Gasteiger charge is -2.15. The Balaban J connectivity index is 3.76. The second-order valence-electron chi connectivity index (χ2n) is 13.7. The number of rotatable bonds is 34. The minimum atomic E-state index is -0.829. The third-order valence-electron chi connectivity index (χ3n) is 8.29. The fourth-order valence-corrected chi connectivity index (χ4v) is 5.26. The van der Waals surface area contributed by atoms with E-state index in [2.05, 4.69) is 51.2 Å². The van der Waals surface area contributed by atoms with Crippen LogP contribution >= 0.6 is 0 Å². The van der Waals surface area contributed by atoms with E-state index >= 15 is 0 Å². The smallest absolute Gasteiger partial charge is 0.306 e. The van der Waals surface area contributed by atoms with E-state index in [4.69, 9.17) is 9.47 Å². The molecular weight excluding hydrogens is 624 g/mol. The summed E-state index contributed by atoms with van der Waals surface area (Å²) in [5.74, 6) is 0.116. The van der Waals surface area contributed by atoms with Crippen molar-refractivity contribution in [3.05, 3.63) is 72.9 Å². The Hall–Kier alpha value is -2.70. The number of carbonyl (C=O) groups is 2. The van der Waals surface area contributed by atoms with Gasteiger partial charge in [0, 0.05) is 12.8 Å². The van der Waals surface area contributed by atoms with Gasteiger partial charge in [-0.3, -0.25) is 9.59 Å². The molecule has 0 fully saturated rings. The normalized spacial score (nSPS) is 13.7. The van der Waals surface area contributed by atoms with Gasteiger partial charge in [-0.1, -0.05) is 177 Å². The molecule has 0 spiro atoms.